The number of esters is 1. The van der Waals surface area contributed by atoms with Crippen LogP contribution in [-0.2, 0) is 16.1 Å². The van der Waals surface area contributed by atoms with Crippen LogP contribution in [0, 0.1) is 5.92 Å². The molecule has 0 saturated heterocycles. The van der Waals surface area contributed by atoms with Crippen molar-refractivity contribution in [2.75, 3.05) is 0 Å². The van der Waals surface area contributed by atoms with Gasteiger partial charge >= 0.3 is 5.97 Å². The molecule has 0 bridgehead atoms. The van der Waals surface area contributed by atoms with Crippen molar-refractivity contribution in [3.8, 4) is 0 Å². The Morgan fingerprint density at radius 3 is 2.71 bits per heavy atom. The van der Waals surface area contributed by atoms with Gasteiger partial charge in [0.25, 0.3) is 5.91 Å². The maximum atomic E-state index is 12.2. The zero-order chi connectivity index (χ0) is 15.2. The smallest absolute Gasteiger partial charge is 0.349 e. The molecule has 6 heteroatoms. The van der Waals surface area contributed by atoms with E-state index in [1.807, 2.05) is 13.8 Å². The number of thiophene rings is 1. The fourth-order valence-corrected chi connectivity index (χ4v) is 2.35. The van der Waals surface area contributed by atoms with Crippen LogP contribution in [-0.4, -0.2) is 18.0 Å². The van der Waals surface area contributed by atoms with Gasteiger partial charge in [0.1, 0.15) is 10.6 Å². The van der Waals surface area contributed by atoms with Crippen molar-refractivity contribution in [1.82, 2.24) is 5.32 Å². The molecule has 21 heavy (non-hydrogen) atoms. The molecule has 5 nitrogen and oxygen atoms in total. The SMILES string of the molecule is CC(C)[C@@H](OC(=O)c1cccs1)C(=O)NCc1ccco1. The first-order chi connectivity index (χ1) is 10.1. The van der Waals surface area contributed by atoms with E-state index < -0.39 is 12.1 Å². The largest absolute Gasteiger partial charge is 0.467 e. The van der Waals surface area contributed by atoms with E-state index in [9.17, 15) is 9.59 Å². The van der Waals surface area contributed by atoms with Gasteiger partial charge < -0.3 is 14.5 Å². The third-order valence-electron chi connectivity index (χ3n) is 2.84. The predicted molar refractivity (Wildman–Crippen MR) is 78.9 cm³/mol. The Bertz CT molecular complexity index is 575. The van der Waals surface area contributed by atoms with Crippen molar-refractivity contribution in [1.29, 1.82) is 0 Å². The van der Waals surface area contributed by atoms with Crippen LogP contribution >= 0.6 is 11.3 Å². The Labute approximate surface area is 126 Å². The second kappa shape index (κ2) is 7.08. The lowest BCUT2D eigenvalue weighted by Gasteiger charge is -2.20. The van der Waals surface area contributed by atoms with Crippen LogP contribution < -0.4 is 5.32 Å². The van der Waals surface area contributed by atoms with E-state index in [1.165, 1.54) is 17.6 Å². The van der Waals surface area contributed by atoms with Crippen molar-refractivity contribution in [2.24, 2.45) is 5.92 Å². The molecule has 0 fully saturated rings. The Morgan fingerprint density at radius 1 is 1.33 bits per heavy atom. The summed E-state index contributed by atoms with van der Waals surface area (Å²) < 4.78 is 10.5. The first-order valence-electron chi connectivity index (χ1n) is 6.62. The van der Waals surface area contributed by atoms with E-state index in [-0.39, 0.29) is 18.4 Å². The number of ether oxygens (including phenoxy) is 1. The van der Waals surface area contributed by atoms with E-state index in [0.29, 0.717) is 10.6 Å². The molecule has 0 unspecified atom stereocenters. The third kappa shape index (κ3) is 4.19. The highest BCUT2D eigenvalue weighted by Crippen LogP contribution is 2.15. The minimum Gasteiger partial charge on any atom is -0.467 e. The Hall–Kier alpha value is -2.08. The first kappa shape index (κ1) is 15.3. The van der Waals surface area contributed by atoms with E-state index in [1.54, 1.807) is 29.6 Å². The number of furan rings is 1. The molecule has 0 aliphatic carbocycles. The Morgan fingerprint density at radius 2 is 2.14 bits per heavy atom. The number of amides is 1. The van der Waals surface area contributed by atoms with E-state index in [4.69, 9.17) is 9.15 Å². The highest BCUT2D eigenvalue weighted by Gasteiger charge is 2.27. The second-order valence-electron chi connectivity index (χ2n) is 4.84. The standard InChI is InChI=1S/C15H17NO4S/c1-10(2)13(20-15(18)12-6-4-8-21-12)14(17)16-9-11-5-3-7-19-11/h3-8,10,13H,9H2,1-2H3,(H,16,17)/t13-/m1/s1. The molecule has 0 aromatic carbocycles. The van der Waals surface area contributed by atoms with Gasteiger partial charge in [-0.25, -0.2) is 4.79 Å². The van der Waals surface area contributed by atoms with Gasteiger partial charge in [0, 0.05) is 0 Å². The molecular weight excluding hydrogens is 290 g/mol. The lowest BCUT2D eigenvalue weighted by molar-refractivity contribution is -0.132. The van der Waals surface area contributed by atoms with Gasteiger partial charge in [-0.2, -0.15) is 0 Å². The van der Waals surface area contributed by atoms with Gasteiger partial charge in [0.15, 0.2) is 6.10 Å². The highest BCUT2D eigenvalue weighted by atomic mass is 32.1. The average molecular weight is 307 g/mol. The summed E-state index contributed by atoms with van der Waals surface area (Å²) in [5.74, 6) is -0.274. The van der Waals surface area contributed by atoms with E-state index >= 15 is 0 Å². The van der Waals surface area contributed by atoms with Crippen LogP contribution in [0.4, 0.5) is 0 Å². The summed E-state index contributed by atoms with van der Waals surface area (Å²) in [6.45, 7) is 3.93. The fraction of sp³-hybridized carbons (Fsp3) is 0.333. The molecule has 0 saturated carbocycles. The van der Waals surface area contributed by atoms with Crippen molar-refractivity contribution in [2.45, 2.75) is 26.5 Å². The fourth-order valence-electron chi connectivity index (χ4n) is 1.75. The number of hydrogen-bond acceptors (Lipinski definition) is 5. The summed E-state index contributed by atoms with van der Waals surface area (Å²) in [5.41, 5.74) is 0. The van der Waals surface area contributed by atoms with Gasteiger partial charge in [0.2, 0.25) is 0 Å². The first-order valence-corrected chi connectivity index (χ1v) is 7.50. The maximum absolute atomic E-state index is 12.2. The number of carbonyl (C=O) groups excluding carboxylic acids is 2. The van der Waals surface area contributed by atoms with Gasteiger partial charge in [-0.05, 0) is 29.5 Å². The van der Waals surface area contributed by atoms with Crippen molar-refractivity contribution in [3.05, 3.63) is 46.5 Å². The molecule has 0 aliphatic rings. The average Bonchev–Trinajstić information content (AvgIpc) is 3.13. The Kier molecular flexibility index (Phi) is 5.16. The van der Waals surface area contributed by atoms with Crippen LogP contribution in [0.5, 0.6) is 0 Å². The number of rotatable bonds is 6. The molecule has 2 rings (SSSR count). The van der Waals surface area contributed by atoms with E-state index in [0.717, 1.165) is 0 Å². The van der Waals surface area contributed by atoms with Crippen LogP contribution in [0.25, 0.3) is 0 Å². The summed E-state index contributed by atoms with van der Waals surface area (Å²) in [6, 6.07) is 6.95. The molecule has 1 atom stereocenters. The van der Waals surface area contributed by atoms with Crippen molar-refractivity contribution in [3.63, 3.8) is 0 Å². The molecule has 0 aliphatic heterocycles. The van der Waals surface area contributed by atoms with Crippen LogP contribution in [0.1, 0.15) is 29.3 Å². The summed E-state index contributed by atoms with van der Waals surface area (Å²) >= 11 is 1.29. The highest BCUT2D eigenvalue weighted by molar-refractivity contribution is 7.11. The van der Waals surface area contributed by atoms with Crippen LogP contribution in [0.15, 0.2) is 40.3 Å². The summed E-state index contributed by atoms with van der Waals surface area (Å²) in [6.07, 6.45) is 0.715. The van der Waals surface area contributed by atoms with Gasteiger partial charge in [-0.15, -0.1) is 11.3 Å². The molecule has 0 radical (unpaired) electrons. The van der Waals surface area contributed by atoms with Crippen LogP contribution in [0.3, 0.4) is 0 Å². The molecule has 1 amide bonds. The van der Waals surface area contributed by atoms with E-state index in [2.05, 4.69) is 5.32 Å². The normalized spacial score (nSPS) is 12.1. The second-order valence-corrected chi connectivity index (χ2v) is 5.79. The predicted octanol–water partition coefficient (Wildman–Crippen LogP) is 2.84. The van der Waals surface area contributed by atoms with Gasteiger partial charge in [-0.3, -0.25) is 4.79 Å². The van der Waals surface area contributed by atoms with Crippen molar-refractivity contribution >= 4 is 23.2 Å². The minimum absolute atomic E-state index is 0.120. The molecule has 2 aromatic heterocycles. The number of carbonyl (C=O) groups is 2. The summed E-state index contributed by atoms with van der Waals surface area (Å²) in [4.78, 5) is 24.6. The maximum Gasteiger partial charge on any atom is 0.349 e. The summed E-state index contributed by atoms with van der Waals surface area (Å²) in [5, 5.41) is 4.50. The lowest BCUT2D eigenvalue weighted by Crippen LogP contribution is -2.40. The minimum atomic E-state index is -0.824. The zero-order valence-corrected chi connectivity index (χ0v) is 12.7. The molecule has 0 spiro atoms. The zero-order valence-electron chi connectivity index (χ0n) is 11.9. The monoisotopic (exact) mass is 307 g/mol. The lowest BCUT2D eigenvalue weighted by atomic mass is 10.1. The molecule has 2 heterocycles. The summed E-state index contributed by atoms with van der Waals surface area (Å²) in [7, 11) is 0. The number of hydrogen-bond donors (Lipinski definition) is 1. The topological polar surface area (TPSA) is 68.5 Å². The number of nitrogens with one attached hydrogen (secondary N) is 1. The molecule has 2 aromatic rings. The van der Waals surface area contributed by atoms with Crippen LogP contribution in [0.2, 0.25) is 0 Å². The third-order valence-corrected chi connectivity index (χ3v) is 3.69. The quantitative estimate of drug-likeness (QED) is 0.833. The Balaban J connectivity index is 1.94. The molecule has 112 valence electrons. The molecular formula is C15H17NO4S. The molecule has 1 N–H and O–H groups in total. The van der Waals surface area contributed by atoms with Gasteiger partial charge in [0.05, 0.1) is 12.8 Å². The van der Waals surface area contributed by atoms with Gasteiger partial charge in [-0.1, -0.05) is 19.9 Å². The van der Waals surface area contributed by atoms with Crippen molar-refractivity contribution < 1.29 is 18.7 Å².